The predicted octanol–water partition coefficient (Wildman–Crippen LogP) is 2.06. The number of rotatable bonds is 16. The number of esters is 1. The number of benzene rings is 1. The summed E-state index contributed by atoms with van der Waals surface area (Å²) in [5, 5.41) is 5.31. The minimum Gasteiger partial charge on any atom is -0.460 e. The largest absolute Gasteiger partial charge is 0.460 e. The second-order valence-electron chi connectivity index (χ2n) is 10.5. The van der Waals surface area contributed by atoms with Crippen molar-refractivity contribution in [3.05, 3.63) is 29.3 Å². The van der Waals surface area contributed by atoms with E-state index in [-0.39, 0.29) is 29.9 Å². The molecule has 1 unspecified atom stereocenters. The molecule has 1 aromatic rings. The first-order chi connectivity index (χ1) is 19.1. The Morgan fingerprint density at radius 3 is 2.30 bits per heavy atom. The van der Waals surface area contributed by atoms with Crippen molar-refractivity contribution in [3.8, 4) is 0 Å². The van der Waals surface area contributed by atoms with Gasteiger partial charge in [-0.25, -0.2) is 0 Å². The second kappa shape index (κ2) is 14.9. The van der Waals surface area contributed by atoms with Crippen molar-refractivity contribution >= 4 is 35.3 Å². The van der Waals surface area contributed by atoms with Gasteiger partial charge in [0.1, 0.15) is 11.6 Å². The smallest absolute Gasteiger partial charge is 0.306 e. The summed E-state index contributed by atoms with van der Waals surface area (Å²) in [6.45, 7) is 8.50. The third-order valence-corrected chi connectivity index (χ3v) is 6.11. The SMILES string of the molecule is CC(C)(C)OC(=O)CCCCOCCOCCOCCNc1cccc2c1C(=O)N(C1CCC(=O)NC1=O)C2=O. The first kappa shape index (κ1) is 31.2. The number of imide groups is 2. The van der Waals surface area contributed by atoms with Crippen molar-refractivity contribution in [2.75, 3.05) is 51.5 Å². The average Bonchev–Trinajstić information content (AvgIpc) is 3.13. The van der Waals surface area contributed by atoms with Gasteiger partial charge < -0.3 is 24.3 Å². The minimum atomic E-state index is -1.00. The molecule has 12 nitrogen and oxygen atoms in total. The molecule has 12 heteroatoms. The van der Waals surface area contributed by atoms with Gasteiger partial charge in [0.2, 0.25) is 11.8 Å². The third-order valence-electron chi connectivity index (χ3n) is 6.11. The number of amides is 4. The van der Waals surface area contributed by atoms with Crippen LogP contribution < -0.4 is 10.6 Å². The molecule has 2 heterocycles. The quantitative estimate of drug-likeness (QED) is 0.174. The minimum absolute atomic E-state index is 0.0698. The van der Waals surface area contributed by atoms with Crippen LogP contribution in [0, 0.1) is 0 Å². The van der Waals surface area contributed by atoms with Gasteiger partial charge in [-0.05, 0) is 52.2 Å². The van der Waals surface area contributed by atoms with E-state index in [4.69, 9.17) is 18.9 Å². The van der Waals surface area contributed by atoms with Gasteiger partial charge in [-0.15, -0.1) is 0 Å². The number of hydrogen-bond donors (Lipinski definition) is 2. The molecule has 1 aromatic carbocycles. The highest BCUT2D eigenvalue weighted by Gasteiger charge is 2.45. The first-order valence-corrected chi connectivity index (χ1v) is 13.6. The number of hydrogen-bond acceptors (Lipinski definition) is 10. The summed E-state index contributed by atoms with van der Waals surface area (Å²) in [6.07, 6.45) is 2.04. The molecule has 0 radical (unpaired) electrons. The molecule has 4 amide bonds. The Balaban J connectivity index is 1.25. The van der Waals surface area contributed by atoms with Gasteiger partial charge >= 0.3 is 5.97 Å². The van der Waals surface area contributed by atoms with Crippen LogP contribution in [0.15, 0.2) is 18.2 Å². The van der Waals surface area contributed by atoms with E-state index in [1.54, 1.807) is 18.2 Å². The molecule has 2 N–H and O–H groups in total. The molecular weight excluding hydrogens is 522 g/mol. The fourth-order valence-electron chi connectivity index (χ4n) is 4.33. The van der Waals surface area contributed by atoms with Crippen LogP contribution in [0.2, 0.25) is 0 Å². The lowest BCUT2D eigenvalue weighted by Gasteiger charge is -2.27. The molecule has 0 aliphatic carbocycles. The number of unbranched alkanes of at least 4 members (excludes halogenated alkanes) is 1. The molecule has 0 bridgehead atoms. The predicted molar refractivity (Wildman–Crippen MR) is 144 cm³/mol. The Kier molecular flexibility index (Phi) is 11.6. The standard InChI is InChI=1S/C28H39N3O9/c1-28(2,3)40-23(33)9-4-5-13-37-15-17-39-18-16-38-14-12-29-20-8-6-7-19-24(20)27(36)31(26(19)35)21-10-11-22(32)30-25(21)34/h6-8,21,29H,4-5,9-18H2,1-3H3,(H,30,32,34). The Morgan fingerprint density at radius 2 is 1.62 bits per heavy atom. The van der Waals surface area contributed by atoms with E-state index in [1.807, 2.05) is 20.8 Å². The zero-order valence-corrected chi connectivity index (χ0v) is 23.4. The summed E-state index contributed by atoms with van der Waals surface area (Å²) in [5.74, 6) is -2.35. The molecule has 0 aromatic heterocycles. The van der Waals surface area contributed by atoms with Crippen molar-refractivity contribution in [2.24, 2.45) is 0 Å². The highest BCUT2D eigenvalue weighted by Crippen LogP contribution is 2.32. The molecule has 220 valence electrons. The van der Waals surface area contributed by atoms with E-state index in [1.165, 1.54) is 0 Å². The van der Waals surface area contributed by atoms with E-state index in [9.17, 15) is 24.0 Å². The summed E-state index contributed by atoms with van der Waals surface area (Å²) in [5.41, 5.74) is 0.455. The maximum Gasteiger partial charge on any atom is 0.306 e. The number of ether oxygens (including phenoxy) is 4. The zero-order valence-electron chi connectivity index (χ0n) is 23.4. The normalized spacial score (nSPS) is 17.2. The molecule has 3 rings (SSSR count). The van der Waals surface area contributed by atoms with E-state index < -0.39 is 35.3 Å². The Morgan fingerprint density at radius 1 is 0.950 bits per heavy atom. The monoisotopic (exact) mass is 561 g/mol. The molecule has 2 aliphatic heterocycles. The van der Waals surface area contributed by atoms with Gasteiger partial charge in [0, 0.05) is 31.7 Å². The van der Waals surface area contributed by atoms with E-state index in [2.05, 4.69) is 10.6 Å². The Labute approximate surface area is 234 Å². The molecule has 1 saturated heterocycles. The van der Waals surface area contributed by atoms with Crippen LogP contribution in [0.25, 0.3) is 0 Å². The summed E-state index contributed by atoms with van der Waals surface area (Å²) < 4.78 is 21.8. The lowest BCUT2D eigenvalue weighted by molar-refractivity contribution is -0.155. The highest BCUT2D eigenvalue weighted by atomic mass is 16.6. The van der Waals surface area contributed by atoms with Gasteiger partial charge in [-0.1, -0.05) is 6.07 Å². The number of fused-ring (bicyclic) bond motifs is 1. The van der Waals surface area contributed by atoms with Crippen LogP contribution in [0.4, 0.5) is 5.69 Å². The number of carbonyl (C=O) groups excluding carboxylic acids is 5. The topological polar surface area (TPSA) is 150 Å². The van der Waals surface area contributed by atoms with Crippen molar-refractivity contribution in [3.63, 3.8) is 0 Å². The van der Waals surface area contributed by atoms with E-state index in [0.717, 1.165) is 11.3 Å². The first-order valence-electron chi connectivity index (χ1n) is 13.6. The van der Waals surface area contributed by atoms with Gasteiger partial charge in [0.15, 0.2) is 0 Å². The van der Waals surface area contributed by atoms with Crippen molar-refractivity contribution in [2.45, 2.75) is 64.5 Å². The van der Waals surface area contributed by atoms with Gasteiger partial charge in [0.25, 0.3) is 11.8 Å². The number of nitrogens with zero attached hydrogens (tertiary/aromatic N) is 1. The van der Waals surface area contributed by atoms with Crippen LogP contribution in [-0.4, -0.2) is 92.3 Å². The number of piperidine rings is 1. The molecule has 0 spiro atoms. The van der Waals surface area contributed by atoms with Crippen molar-refractivity contribution in [1.82, 2.24) is 10.2 Å². The summed E-state index contributed by atoms with van der Waals surface area (Å²) in [4.78, 5) is 62.2. The number of anilines is 1. The van der Waals surface area contributed by atoms with Crippen LogP contribution in [0.1, 0.15) is 73.6 Å². The Bertz CT molecular complexity index is 1080. The average molecular weight is 562 g/mol. The number of carbonyl (C=O) groups is 5. The molecule has 40 heavy (non-hydrogen) atoms. The fraction of sp³-hybridized carbons (Fsp3) is 0.607. The van der Waals surface area contributed by atoms with Gasteiger partial charge in [-0.3, -0.25) is 34.2 Å². The zero-order chi connectivity index (χ0) is 29.1. The van der Waals surface area contributed by atoms with Crippen molar-refractivity contribution < 1.29 is 42.9 Å². The lowest BCUT2D eigenvalue weighted by atomic mass is 10.0. The van der Waals surface area contributed by atoms with Crippen molar-refractivity contribution in [1.29, 1.82) is 0 Å². The maximum atomic E-state index is 13.1. The van der Waals surface area contributed by atoms with Crippen LogP contribution >= 0.6 is 0 Å². The number of nitrogens with one attached hydrogen (secondary N) is 2. The van der Waals surface area contributed by atoms with Gasteiger partial charge in [0.05, 0.1) is 44.2 Å². The molecule has 0 saturated carbocycles. The lowest BCUT2D eigenvalue weighted by Crippen LogP contribution is -2.54. The molecule has 1 fully saturated rings. The summed E-state index contributed by atoms with van der Waals surface area (Å²) in [7, 11) is 0. The molecule has 1 atom stereocenters. The molecule has 2 aliphatic rings. The summed E-state index contributed by atoms with van der Waals surface area (Å²) >= 11 is 0. The van der Waals surface area contributed by atoms with Crippen LogP contribution in [-0.2, 0) is 33.3 Å². The Hall–Kier alpha value is -3.35. The highest BCUT2D eigenvalue weighted by molar-refractivity contribution is 6.25. The van der Waals surface area contributed by atoms with Crippen LogP contribution in [0.5, 0.6) is 0 Å². The second-order valence-corrected chi connectivity index (χ2v) is 10.5. The van der Waals surface area contributed by atoms with E-state index in [0.29, 0.717) is 64.7 Å². The maximum absolute atomic E-state index is 13.1. The summed E-state index contributed by atoms with van der Waals surface area (Å²) in [6, 6.07) is 3.90. The fourth-order valence-corrected chi connectivity index (χ4v) is 4.33. The van der Waals surface area contributed by atoms with Gasteiger partial charge in [-0.2, -0.15) is 0 Å². The van der Waals surface area contributed by atoms with E-state index >= 15 is 0 Å². The third kappa shape index (κ3) is 9.10. The molecular formula is C28H39N3O9. The van der Waals surface area contributed by atoms with Crippen LogP contribution in [0.3, 0.4) is 0 Å².